The first-order chi connectivity index (χ1) is 11.1. The van der Waals surface area contributed by atoms with Crippen molar-refractivity contribution < 1.29 is 4.74 Å². The van der Waals surface area contributed by atoms with E-state index in [0.29, 0.717) is 5.41 Å². The highest BCUT2D eigenvalue weighted by atomic mass is 127. The molecule has 1 aliphatic carbocycles. The van der Waals surface area contributed by atoms with Crippen molar-refractivity contribution in [3.05, 3.63) is 15.6 Å². The van der Waals surface area contributed by atoms with E-state index in [9.17, 15) is 0 Å². The maximum atomic E-state index is 5.21. The van der Waals surface area contributed by atoms with Crippen molar-refractivity contribution in [3.8, 4) is 0 Å². The van der Waals surface area contributed by atoms with Crippen molar-refractivity contribution in [3.63, 3.8) is 0 Å². The van der Waals surface area contributed by atoms with Gasteiger partial charge in [0.2, 0.25) is 0 Å². The van der Waals surface area contributed by atoms with Crippen LogP contribution in [0.25, 0.3) is 0 Å². The number of aromatic nitrogens is 1. The van der Waals surface area contributed by atoms with Gasteiger partial charge in [-0.05, 0) is 45.4 Å². The molecule has 138 valence electrons. The first-order valence-electron chi connectivity index (χ1n) is 8.52. The normalized spacial score (nSPS) is 15.8. The molecule has 0 amide bonds. The van der Waals surface area contributed by atoms with Crippen LogP contribution in [-0.2, 0) is 11.2 Å². The fraction of sp³-hybridized carbons (Fsp3) is 0.765. The van der Waals surface area contributed by atoms with E-state index in [0.717, 1.165) is 50.7 Å². The van der Waals surface area contributed by atoms with Gasteiger partial charge >= 0.3 is 0 Å². The largest absolute Gasteiger partial charge is 0.385 e. The van der Waals surface area contributed by atoms with Crippen molar-refractivity contribution in [2.75, 3.05) is 33.4 Å². The third-order valence-electron chi connectivity index (χ3n) is 4.41. The van der Waals surface area contributed by atoms with Crippen LogP contribution in [0.1, 0.15) is 41.8 Å². The third kappa shape index (κ3) is 6.84. The van der Waals surface area contributed by atoms with Gasteiger partial charge in [-0.3, -0.25) is 4.99 Å². The quantitative estimate of drug-likeness (QED) is 0.333. The SMILES string of the molecule is CCNC(=NCC1(CCOC)CC1)NCCc1nc(C)c(C)s1.I. The van der Waals surface area contributed by atoms with E-state index < -0.39 is 0 Å². The average molecular weight is 466 g/mol. The number of aliphatic imine (C=N–C) groups is 1. The molecule has 1 saturated carbocycles. The smallest absolute Gasteiger partial charge is 0.191 e. The van der Waals surface area contributed by atoms with Crippen molar-refractivity contribution in [2.45, 2.75) is 46.5 Å². The number of thiazole rings is 1. The summed E-state index contributed by atoms with van der Waals surface area (Å²) >= 11 is 1.79. The fourth-order valence-corrected chi connectivity index (χ4v) is 3.44. The number of aryl methyl sites for hydroxylation is 2. The van der Waals surface area contributed by atoms with Gasteiger partial charge in [-0.2, -0.15) is 0 Å². The Hall–Kier alpha value is -0.410. The molecule has 0 atom stereocenters. The average Bonchev–Trinajstić information content (AvgIpc) is 3.23. The summed E-state index contributed by atoms with van der Waals surface area (Å²) in [5, 5.41) is 7.96. The maximum Gasteiger partial charge on any atom is 0.191 e. The molecule has 24 heavy (non-hydrogen) atoms. The number of hydrogen-bond acceptors (Lipinski definition) is 4. The van der Waals surface area contributed by atoms with Crippen molar-refractivity contribution in [2.24, 2.45) is 10.4 Å². The van der Waals surface area contributed by atoms with Gasteiger partial charge in [0.05, 0.1) is 10.7 Å². The first kappa shape index (κ1) is 21.6. The second kappa shape index (κ2) is 10.6. The molecule has 7 heteroatoms. The van der Waals surface area contributed by atoms with Gasteiger partial charge in [0.25, 0.3) is 0 Å². The monoisotopic (exact) mass is 466 g/mol. The van der Waals surface area contributed by atoms with Crippen LogP contribution in [0.5, 0.6) is 0 Å². The number of nitrogens with one attached hydrogen (secondary N) is 2. The van der Waals surface area contributed by atoms with Gasteiger partial charge in [-0.15, -0.1) is 35.3 Å². The van der Waals surface area contributed by atoms with Crippen LogP contribution in [-0.4, -0.2) is 44.3 Å². The fourth-order valence-electron chi connectivity index (χ4n) is 2.50. The molecule has 1 aromatic rings. The number of hydrogen-bond donors (Lipinski definition) is 2. The Labute approximate surface area is 167 Å². The van der Waals surface area contributed by atoms with Gasteiger partial charge in [-0.1, -0.05) is 0 Å². The van der Waals surface area contributed by atoms with E-state index >= 15 is 0 Å². The van der Waals surface area contributed by atoms with Crippen LogP contribution in [0.15, 0.2) is 4.99 Å². The minimum atomic E-state index is 0. The van der Waals surface area contributed by atoms with E-state index in [1.165, 1.54) is 22.7 Å². The number of halogens is 1. The van der Waals surface area contributed by atoms with Crippen LogP contribution in [0.4, 0.5) is 0 Å². The van der Waals surface area contributed by atoms with Gasteiger partial charge in [0.1, 0.15) is 0 Å². The molecule has 1 fully saturated rings. The number of guanidine groups is 1. The Morgan fingerprint density at radius 1 is 1.33 bits per heavy atom. The van der Waals surface area contributed by atoms with Crippen LogP contribution in [0, 0.1) is 19.3 Å². The second-order valence-electron chi connectivity index (χ2n) is 6.36. The summed E-state index contributed by atoms with van der Waals surface area (Å²) in [5.74, 6) is 0.918. The molecule has 0 aromatic carbocycles. The standard InChI is InChI=1S/C17H30N4OS.HI/c1-5-18-16(20-12-17(7-8-17)9-11-22-4)19-10-6-15-21-13(2)14(3)23-15;/h5-12H2,1-4H3,(H2,18,19,20);1H. The lowest BCUT2D eigenvalue weighted by molar-refractivity contribution is 0.174. The topological polar surface area (TPSA) is 58.5 Å². The van der Waals surface area contributed by atoms with E-state index in [-0.39, 0.29) is 24.0 Å². The Morgan fingerprint density at radius 2 is 2.08 bits per heavy atom. The molecule has 2 N–H and O–H groups in total. The van der Waals surface area contributed by atoms with Crippen molar-refractivity contribution in [1.82, 2.24) is 15.6 Å². The zero-order valence-electron chi connectivity index (χ0n) is 15.3. The summed E-state index contributed by atoms with van der Waals surface area (Å²) in [6, 6.07) is 0. The maximum absolute atomic E-state index is 5.21. The lowest BCUT2D eigenvalue weighted by atomic mass is 10.0. The number of methoxy groups -OCH3 is 1. The first-order valence-corrected chi connectivity index (χ1v) is 9.34. The number of nitrogens with zero attached hydrogens (tertiary/aromatic N) is 2. The van der Waals surface area contributed by atoms with Gasteiger partial charge < -0.3 is 15.4 Å². The van der Waals surface area contributed by atoms with Gasteiger partial charge in [0.15, 0.2) is 5.96 Å². The van der Waals surface area contributed by atoms with E-state index in [4.69, 9.17) is 9.73 Å². The van der Waals surface area contributed by atoms with Crippen LogP contribution in [0.3, 0.4) is 0 Å². The Balaban J connectivity index is 0.00000288. The molecule has 1 aliphatic rings. The summed E-state index contributed by atoms with van der Waals surface area (Å²) in [6.45, 7) is 9.77. The van der Waals surface area contributed by atoms with Gasteiger partial charge in [-0.25, -0.2) is 4.98 Å². The summed E-state index contributed by atoms with van der Waals surface area (Å²) in [6.07, 6.45) is 4.61. The molecule has 0 spiro atoms. The molecule has 0 unspecified atom stereocenters. The molecular formula is C17H31IN4OS. The second-order valence-corrected chi connectivity index (χ2v) is 7.65. The summed E-state index contributed by atoms with van der Waals surface area (Å²) in [7, 11) is 1.77. The minimum absolute atomic E-state index is 0. The highest BCUT2D eigenvalue weighted by Gasteiger charge is 2.41. The molecule has 0 radical (unpaired) electrons. The molecular weight excluding hydrogens is 435 g/mol. The third-order valence-corrected chi connectivity index (χ3v) is 5.55. The summed E-state index contributed by atoms with van der Waals surface area (Å²) in [4.78, 5) is 10.7. The van der Waals surface area contributed by atoms with Crippen LogP contribution >= 0.6 is 35.3 Å². The zero-order chi connectivity index (χ0) is 16.7. The molecule has 1 heterocycles. The lowest BCUT2D eigenvalue weighted by Crippen LogP contribution is -2.38. The number of rotatable bonds is 9. The van der Waals surface area contributed by atoms with Crippen LogP contribution < -0.4 is 10.6 Å². The zero-order valence-corrected chi connectivity index (χ0v) is 18.4. The molecule has 0 aliphatic heterocycles. The summed E-state index contributed by atoms with van der Waals surface area (Å²) in [5.41, 5.74) is 1.54. The minimum Gasteiger partial charge on any atom is -0.385 e. The Bertz CT molecular complexity index is 509. The molecule has 0 saturated heterocycles. The van der Waals surface area contributed by atoms with E-state index in [1.54, 1.807) is 18.4 Å². The Kier molecular flexibility index (Phi) is 9.51. The molecule has 1 aromatic heterocycles. The highest BCUT2D eigenvalue weighted by molar-refractivity contribution is 14.0. The van der Waals surface area contributed by atoms with Crippen molar-refractivity contribution in [1.29, 1.82) is 0 Å². The predicted octanol–water partition coefficient (Wildman–Crippen LogP) is 3.29. The number of ether oxygens (including phenoxy) is 1. The highest BCUT2D eigenvalue weighted by Crippen LogP contribution is 2.48. The molecule has 5 nitrogen and oxygen atoms in total. The van der Waals surface area contributed by atoms with Crippen LogP contribution in [0.2, 0.25) is 0 Å². The lowest BCUT2D eigenvalue weighted by Gasteiger charge is -2.15. The van der Waals surface area contributed by atoms with Crippen molar-refractivity contribution >= 4 is 41.3 Å². The Morgan fingerprint density at radius 3 is 2.62 bits per heavy atom. The van der Waals surface area contributed by atoms with E-state index in [1.807, 2.05) is 0 Å². The van der Waals surface area contributed by atoms with E-state index in [2.05, 4.69) is 36.4 Å². The van der Waals surface area contributed by atoms with Gasteiger partial charge in [0, 0.05) is 44.6 Å². The predicted molar refractivity (Wildman–Crippen MR) is 113 cm³/mol. The molecule has 0 bridgehead atoms. The molecule has 2 rings (SSSR count). The summed E-state index contributed by atoms with van der Waals surface area (Å²) < 4.78 is 5.21.